The highest BCUT2D eigenvalue weighted by Crippen LogP contribution is 2.36. The third-order valence-corrected chi connectivity index (χ3v) is 3.03. The van der Waals surface area contributed by atoms with Crippen molar-refractivity contribution in [2.45, 2.75) is 18.9 Å². The average molecular weight is 203 g/mol. The fourth-order valence-electron chi connectivity index (χ4n) is 2.07. The molecule has 0 saturated heterocycles. The highest BCUT2D eigenvalue weighted by Gasteiger charge is 2.28. The summed E-state index contributed by atoms with van der Waals surface area (Å²) in [6, 6.07) is 6.05. The van der Waals surface area contributed by atoms with E-state index in [1.165, 1.54) is 0 Å². The topological polar surface area (TPSA) is 53.0 Å². The van der Waals surface area contributed by atoms with Gasteiger partial charge >= 0.3 is 5.69 Å². The third-order valence-electron chi connectivity index (χ3n) is 3.03. The number of imidazole rings is 1. The lowest BCUT2D eigenvalue weighted by molar-refractivity contribution is 0.696. The van der Waals surface area contributed by atoms with E-state index in [2.05, 4.69) is 0 Å². The van der Waals surface area contributed by atoms with Crippen LogP contribution in [0, 0.1) is 0 Å². The van der Waals surface area contributed by atoms with E-state index in [4.69, 9.17) is 5.73 Å². The highest BCUT2D eigenvalue weighted by molar-refractivity contribution is 5.79. The smallest absolute Gasteiger partial charge is 0.329 e. The van der Waals surface area contributed by atoms with E-state index in [1.54, 1.807) is 11.6 Å². The molecule has 15 heavy (non-hydrogen) atoms. The molecule has 78 valence electrons. The van der Waals surface area contributed by atoms with Gasteiger partial charge in [0.25, 0.3) is 0 Å². The first-order valence-corrected chi connectivity index (χ1v) is 5.15. The van der Waals surface area contributed by atoms with Crippen molar-refractivity contribution in [1.29, 1.82) is 0 Å². The Labute approximate surface area is 86.9 Å². The van der Waals surface area contributed by atoms with Gasteiger partial charge in [-0.15, -0.1) is 0 Å². The quantitative estimate of drug-likeness (QED) is 0.709. The van der Waals surface area contributed by atoms with Gasteiger partial charge in [-0.1, -0.05) is 0 Å². The number of anilines is 1. The van der Waals surface area contributed by atoms with Gasteiger partial charge in [0.1, 0.15) is 0 Å². The van der Waals surface area contributed by atoms with Crippen molar-refractivity contribution < 1.29 is 0 Å². The van der Waals surface area contributed by atoms with Crippen molar-refractivity contribution in [2.24, 2.45) is 7.05 Å². The van der Waals surface area contributed by atoms with Crippen LogP contribution in [-0.2, 0) is 7.05 Å². The molecule has 0 bridgehead atoms. The van der Waals surface area contributed by atoms with Crippen LogP contribution in [0.25, 0.3) is 11.0 Å². The summed E-state index contributed by atoms with van der Waals surface area (Å²) in [6.45, 7) is 0. The van der Waals surface area contributed by atoms with Gasteiger partial charge in [0.05, 0.1) is 11.0 Å². The molecule has 3 rings (SSSR count). The Morgan fingerprint density at radius 2 is 2.07 bits per heavy atom. The molecule has 1 saturated carbocycles. The minimum absolute atomic E-state index is 0.0677. The summed E-state index contributed by atoms with van der Waals surface area (Å²) in [5.74, 6) is 0. The van der Waals surface area contributed by atoms with Gasteiger partial charge in [0.15, 0.2) is 0 Å². The summed E-state index contributed by atoms with van der Waals surface area (Å²) < 4.78 is 3.55. The first kappa shape index (κ1) is 8.59. The molecule has 1 fully saturated rings. The van der Waals surface area contributed by atoms with Gasteiger partial charge in [-0.3, -0.25) is 9.13 Å². The Balaban J connectivity index is 2.44. The van der Waals surface area contributed by atoms with Crippen LogP contribution in [0.1, 0.15) is 18.9 Å². The van der Waals surface area contributed by atoms with Crippen LogP contribution in [0.5, 0.6) is 0 Å². The molecule has 1 aliphatic rings. The molecular weight excluding hydrogens is 190 g/mol. The Hall–Kier alpha value is -1.71. The lowest BCUT2D eigenvalue weighted by Crippen LogP contribution is -2.21. The van der Waals surface area contributed by atoms with Crippen molar-refractivity contribution in [2.75, 3.05) is 5.73 Å². The number of nitrogens with zero attached hydrogens (tertiary/aromatic N) is 2. The summed E-state index contributed by atoms with van der Waals surface area (Å²) in [6.07, 6.45) is 2.23. The van der Waals surface area contributed by atoms with E-state index in [-0.39, 0.29) is 5.69 Å². The van der Waals surface area contributed by atoms with E-state index >= 15 is 0 Å². The molecule has 1 aromatic carbocycles. The van der Waals surface area contributed by atoms with Gasteiger partial charge < -0.3 is 5.73 Å². The highest BCUT2D eigenvalue weighted by atomic mass is 16.1. The molecule has 1 heterocycles. The molecule has 2 N–H and O–H groups in total. The Kier molecular flexibility index (Phi) is 1.52. The number of aryl methyl sites for hydroxylation is 1. The predicted molar refractivity (Wildman–Crippen MR) is 59.9 cm³/mol. The molecule has 4 heteroatoms. The first-order chi connectivity index (χ1) is 7.18. The summed E-state index contributed by atoms with van der Waals surface area (Å²) in [5.41, 5.74) is 8.41. The Morgan fingerprint density at radius 3 is 2.73 bits per heavy atom. The average Bonchev–Trinajstić information content (AvgIpc) is 3.00. The third kappa shape index (κ3) is 1.11. The fraction of sp³-hybridized carbons (Fsp3) is 0.364. The minimum atomic E-state index is 0.0677. The van der Waals surface area contributed by atoms with Crippen LogP contribution in [0.2, 0.25) is 0 Å². The molecule has 0 atom stereocenters. The van der Waals surface area contributed by atoms with Gasteiger partial charge in [-0.25, -0.2) is 4.79 Å². The van der Waals surface area contributed by atoms with Gasteiger partial charge in [-0.2, -0.15) is 0 Å². The molecule has 0 unspecified atom stereocenters. The molecule has 0 radical (unpaired) electrons. The predicted octanol–water partition coefficient (Wildman–Crippen LogP) is 1.26. The Bertz CT molecular complexity index is 590. The zero-order valence-corrected chi connectivity index (χ0v) is 8.60. The summed E-state index contributed by atoms with van der Waals surface area (Å²) >= 11 is 0. The van der Waals surface area contributed by atoms with E-state index in [0.29, 0.717) is 11.7 Å². The first-order valence-electron chi connectivity index (χ1n) is 5.15. The largest absolute Gasteiger partial charge is 0.399 e. The van der Waals surface area contributed by atoms with Crippen molar-refractivity contribution in [3.05, 3.63) is 28.7 Å². The van der Waals surface area contributed by atoms with Gasteiger partial charge in [0.2, 0.25) is 0 Å². The molecule has 0 aliphatic heterocycles. The number of fused-ring (bicyclic) bond motifs is 1. The number of rotatable bonds is 1. The summed E-state index contributed by atoms with van der Waals surface area (Å²) in [4.78, 5) is 12.0. The van der Waals surface area contributed by atoms with Crippen molar-refractivity contribution >= 4 is 16.7 Å². The van der Waals surface area contributed by atoms with Crippen LogP contribution in [0.4, 0.5) is 5.69 Å². The molecule has 1 aromatic heterocycles. The number of hydrogen-bond acceptors (Lipinski definition) is 2. The van der Waals surface area contributed by atoms with Crippen LogP contribution in [0.15, 0.2) is 23.0 Å². The number of nitrogen functional groups attached to an aromatic ring is 1. The van der Waals surface area contributed by atoms with E-state index in [9.17, 15) is 4.79 Å². The minimum Gasteiger partial charge on any atom is -0.399 e. The monoisotopic (exact) mass is 203 g/mol. The number of aromatic nitrogens is 2. The molecule has 0 spiro atoms. The van der Waals surface area contributed by atoms with Crippen LogP contribution in [0.3, 0.4) is 0 Å². The molecule has 0 amide bonds. The van der Waals surface area contributed by atoms with Crippen LogP contribution < -0.4 is 11.4 Å². The maximum Gasteiger partial charge on any atom is 0.329 e. The van der Waals surface area contributed by atoms with E-state index < -0.39 is 0 Å². The van der Waals surface area contributed by atoms with Gasteiger partial charge in [0, 0.05) is 18.8 Å². The zero-order valence-electron chi connectivity index (χ0n) is 8.60. The number of nitrogens with two attached hydrogens (primary N) is 1. The van der Waals surface area contributed by atoms with Crippen LogP contribution >= 0.6 is 0 Å². The van der Waals surface area contributed by atoms with Crippen molar-refractivity contribution in [1.82, 2.24) is 9.13 Å². The zero-order chi connectivity index (χ0) is 10.6. The summed E-state index contributed by atoms with van der Waals surface area (Å²) in [7, 11) is 1.79. The number of benzene rings is 1. The number of hydrogen-bond donors (Lipinski definition) is 1. The standard InChI is InChI=1S/C11H13N3O/c1-13-10-6-7(12)2-5-9(10)14(11(13)15)8-3-4-8/h2,5-6,8H,3-4,12H2,1H3. The van der Waals surface area contributed by atoms with E-state index in [1.807, 2.05) is 22.8 Å². The lowest BCUT2D eigenvalue weighted by atomic mass is 10.3. The second-order valence-electron chi connectivity index (χ2n) is 4.19. The SMILES string of the molecule is Cn1c(=O)n(C2CC2)c2ccc(N)cc21. The lowest BCUT2D eigenvalue weighted by Gasteiger charge is -1.99. The molecule has 2 aromatic rings. The van der Waals surface area contributed by atoms with E-state index in [0.717, 1.165) is 23.9 Å². The van der Waals surface area contributed by atoms with Gasteiger partial charge in [-0.05, 0) is 31.0 Å². The fourth-order valence-corrected chi connectivity index (χ4v) is 2.07. The maximum absolute atomic E-state index is 12.0. The molecular formula is C11H13N3O. The normalized spacial score (nSPS) is 16.1. The second-order valence-corrected chi connectivity index (χ2v) is 4.19. The Morgan fingerprint density at radius 1 is 1.33 bits per heavy atom. The summed E-state index contributed by atoms with van der Waals surface area (Å²) in [5, 5.41) is 0. The van der Waals surface area contributed by atoms with Crippen molar-refractivity contribution in [3.63, 3.8) is 0 Å². The molecule has 4 nitrogen and oxygen atoms in total. The molecule has 1 aliphatic carbocycles. The van der Waals surface area contributed by atoms with Crippen molar-refractivity contribution in [3.8, 4) is 0 Å². The van der Waals surface area contributed by atoms with Crippen LogP contribution in [-0.4, -0.2) is 9.13 Å². The maximum atomic E-state index is 12.0. The second kappa shape index (κ2) is 2.66.